The second kappa shape index (κ2) is 10.7. The van der Waals surface area contributed by atoms with Crippen molar-refractivity contribution in [2.45, 2.75) is 31.3 Å². The fourth-order valence-corrected chi connectivity index (χ4v) is 5.32. The highest BCUT2D eigenvalue weighted by Crippen LogP contribution is 2.29. The highest BCUT2D eigenvalue weighted by atomic mass is 32.1. The molecule has 6 nitrogen and oxygen atoms in total. The summed E-state index contributed by atoms with van der Waals surface area (Å²) in [6, 6.07) is 27.7. The van der Waals surface area contributed by atoms with Crippen molar-refractivity contribution in [2.24, 2.45) is 0 Å². The molecular weight excluding hydrogens is 456 g/mol. The SMILES string of the molecule is COc1cccc(Cc2nsc(N3CCCC3C(=O)NC(c3ccccc3)c3ccccc3)n2)c1. The molecule has 1 saturated heterocycles. The van der Waals surface area contributed by atoms with Gasteiger partial charge in [-0.3, -0.25) is 4.79 Å². The topological polar surface area (TPSA) is 67.3 Å². The Hall–Kier alpha value is -3.71. The van der Waals surface area contributed by atoms with E-state index in [0.717, 1.165) is 52.8 Å². The monoisotopic (exact) mass is 484 g/mol. The molecule has 1 N–H and O–H groups in total. The number of carbonyl (C=O) groups excluding carboxylic acids is 1. The van der Waals surface area contributed by atoms with Crippen LogP contribution < -0.4 is 15.0 Å². The Morgan fingerprint density at radius 3 is 2.46 bits per heavy atom. The van der Waals surface area contributed by atoms with E-state index in [1.165, 1.54) is 11.5 Å². The molecule has 0 aliphatic carbocycles. The summed E-state index contributed by atoms with van der Waals surface area (Å²) >= 11 is 1.36. The predicted octanol–water partition coefficient (Wildman–Crippen LogP) is 5.01. The number of amides is 1. The molecule has 1 aliphatic heterocycles. The van der Waals surface area contributed by atoms with Gasteiger partial charge in [-0.2, -0.15) is 4.37 Å². The van der Waals surface area contributed by atoms with Crippen LogP contribution in [0.4, 0.5) is 5.13 Å². The molecule has 178 valence electrons. The maximum absolute atomic E-state index is 13.5. The summed E-state index contributed by atoms with van der Waals surface area (Å²) < 4.78 is 9.90. The van der Waals surface area contributed by atoms with Crippen molar-refractivity contribution < 1.29 is 9.53 Å². The summed E-state index contributed by atoms with van der Waals surface area (Å²) in [5, 5.41) is 4.11. The zero-order valence-corrected chi connectivity index (χ0v) is 20.4. The zero-order chi connectivity index (χ0) is 24.0. The van der Waals surface area contributed by atoms with Crippen molar-refractivity contribution in [3.63, 3.8) is 0 Å². The van der Waals surface area contributed by atoms with E-state index in [1.54, 1.807) is 7.11 Å². The van der Waals surface area contributed by atoms with Crippen molar-refractivity contribution >= 4 is 22.6 Å². The van der Waals surface area contributed by atoms with Crippen LogP contribution in [0.2, 0.25) is 0 Å². The number of hydrogen-bond acceptors (Lipinski definition) is 6. The van der Waals surface area contributed by atoms with Crippen LogP contribution in [0, 0.1) is 0 Å². The van der Waals surface area contributed by atoms with Crippen LogP contribution in [-0.4, -0.2) is 35.0 Å². The standard InChI is InChI=1S/C28H28N4O2S/c1-34-23-15-8-10-20(18-23)19-25-29-28(35-31-25)32-17-9-16-24(32)27(33)30-26(21-11-4-2-5-12-21)22-13-6-3-7-14-22/h2-8,10-15,18,24,26H,9,16-17,19H2,1H3,(H,30,33). The minimum atomic E-state index is -0.262. The Morgan fingerprint density at radius 2 is 1.77 bits per heavy atom. The Morgan fingerprint density at radius 1 is 1.06 bits per heavy atom. The van der Waals surface area contributed by atoms with Gasteiger partial charge >= 0.3 is 0 Å². The van der Waals surface area contributed by atoms with Gasteiger partial charge in [-0.05, 0) is 41.7 Å². The number of nitrogens with one attached hydrogen (secondary N) is 1. The first kappa shape index (κ1) is 23.1. The number of hydrogen-bond donors (Lipinski definition) is 1. The molecule has 4 aromatic rings. The second-order valence-electron chi connectivity index (χ2n) is 8.64. The van der Waals surface area contributed by atoms with Gasteiger partial charge in [-0.1, -0.05) is 72.8 Å². The number of nitrogens with zero attached hydrogens (tertiary/aromatic N) is 3. The highest BCUT2D eigenvalue weighted by molar-refractivity contribution is 7.09. The Balaban J connectivity index is 1.32. The predicted molar refractivity (Wildman–Crippen MR) is 139 cm³/mol. The van der Waals surface area contributed by atoms with Crippen LogP contribution in [0.1, 0.15) is 41.4 Å². The molecule has 0 radical (unpaired) electrons. The van der Waals surface area contributed by atoms with Gasteiger partial charge < -0.3 is 15.0 Å². The first-order valence-electron chi connectivity index (χ1n) is 11.8. The lowest BCUT2D eigenvalue weighted by atomic mass is 9.98. The zero-order valence-electron chi connectivity index (χ0n) is 19.6. The van der Waals surface area contributed by atoms with Crippen LogP contribution in [-0.2, 0) is 11.2 Å². The Bertz CT molecular complexity index is 1220. The van der Waals surface area contributed by atoms with Gasteiger partial charge in [0.25, 0.3) is 0 Å². The molecule has 7 heteroatoms. The van der Waals surface area contributed by atoms with Crippen LogP contribution in [0.15, 0.2) is 84.9 Å². The number of rotatable bonds is 8. The third kappa shape index (κ3) is 5.35. The molecule has 1 fully saturated rings. The van der Waals surface area contributed by atoms with E-state index in [0.29, 0.717) is 6.42 Å². The second-order valence-corrected chi connectivity index (χ2v) is 9.37. The molecule has 35 heavy (non-hydrogen) atoms. The third-order valence-electron chi connectivity index (χ3n) is 6.31. The highest BCUT2D eigenvalue weighted by Gasteiger charge is 2.34. The van der Waals surface area contributed by atoms with Gasteiger partial charge in [0, 0.05) is 24.5 Å². The van der Waals surface area contributed by atoms with Crippen molar-refractivity contribution in [3.8, 4) is 5.75 Å². The van der Waals surface area contributed by atoms with Crippen LogP contribution in [0.25, 0.3) is 0 Å². The molecule has 5 rings (SSSR count). The van der Waals surface area contributed by atoms with E-state index in [-0.39, 0.29) is 18.0 Å². The molecule has 1 unspecified atom stereocenters. The summed E-state index contributed by atoms with van der Waals surface area (Å²) in [7, 11) is 1.66. The lowest BCUT2D eigenvalue weighted by Gasteiger charge is -2.26. The van der Waals surface area contributed by atoms with E-state index in [2.05, 4.69) is 38.9 Å². The largest absolute Gasteiger partial charge is 0.497 e. The number of benzene rings is 3. The molecule has 0 saturated carbocycles. The molecule has 1 aliphatic rings. The molecular formula is C28H28N4O2S. The van der Waals surface area contributed by atoms with Crippen molar-refractivity contribution in [3.05, 3.63) is 107 Å². The molecule has 1 aromatic heterocycles. The molecule has 2 heterocycles. The van der Waals surface area contributed by atoms with E-state index < -0.39 is 0 Å². The first-order chi connectivity index (χ1) is 17.2. The molecule has 3 aromatic carbocycles. The van der Waals surface area contributed by atoms with Crippen LogP contribution in [0.5, 0.6) is 5.75 Å². The van der Waals surface area contributed by atoms with Crippen molar-refractivity contribution in [1.29, 1.82) is 0 Å². The summed E-state index contributed by atoms with van der Waals surface area (Å²) in [5.74, 6) is 1.60. The van der Waals surface area contributed by atoms with Gasteiger partial charge in [0.15, 0.2) is 0 Å². The minimum Gasteiger partial charge on any atom is -0.497 e. The van der Waals surface area contributed by atoms with Crippen molar-refractivity contribution in [2.75, 3.05) is 18.6 Å². The van der Waals surface area contributed by atoms with Crippen molar-refractivity contribution in [1.82, 2.24) is 14.7 Å². The summed E-state index contributed by atoms with van der Waals surface area (Å²) in [6.45, 7) is 0.799. The number of carbonyl (C=O) groups is 1. The van der Waals surface area contributed by atoms with E-state index in [4.69, 9.17) is 9.72 Å². The van der Waals surface area contributed by atoms with E-state index in [9.17, 15) is 4.79 Å². The average Bonchev–Trinajstić information content (AvgIpc) is 3.58. The van der Waals surface area contributed by atoms with Gasteiger partial charge in [0.1, 0.15) is 17.6 Å². The van der Waals surface area contributed by atoms with E-state index >= 15 is 0 Å². The minimum absolute atomic E-state index is 0.0183. The fourth-order valence-electron chi connectivity index (χ4n) is 4.55. The fraction of sp³-hybridized carbons (Fsp3) is 0.250. The first-order valence-corrected chi connectivity index (χ1v) is 12.6. The molecule has 0 spiro atoms. The number of ether oxygens (including phenoxy) is 1. The third-order valence-corrected chi connectivity index (χ3v) is 7.10. The summed E-state index contributed by atoms with van der Waals surface area (Å²) in [6.07, 6.45) is 2.37. The van der Waals surface area contributed by atoms with Crippen LogP contribution in [0.3, 0.4) is 0 Å². The van der Waals surface area contributed by atoms with E-state index in [1.807, 2.05) is 60.7 Å². The lowest BCUT2D eigenvalue weighted by Crippen LogP contribution is -2.44. The number of methoxy groups -OCH3 is 1. The quantitative estimate of drug-likeness (QED) is 0.381. The molecule has 0 bridgehead atoms. The van der Waals surface area contributed by atoms with Gasteiger partial charge in [-0.25, -0.2) is 4.98 Å². The lowest BCUT2D eigenvalue weighted by molar-refractivity contribution is -0.122. The van der Waals surface area contributed by atoms with Gasteiger partial charge in [0.05, 0.1) is 13.2 Å². The summed E-state index contributed by atoms with van der Waals surface area (Å²) in [5.41, 5.74) is 3.22. The maximum Gasteiger partial charge on any atom is 0.243 e. The normalized spacial score (nSPS) is 15.4. The number of anilines is 1. The van der Waals surface area contributed by atoms with Gasteiger partial charge in [-0.15, -0.1) is 0 Å². The van der Waals surface area contributed by atoms with Gasteiger partial charge in [0.2, 0.25) is 11.0 Å². The smallest absolute Gasteiger partial charge is 0.243 e. The van der Waals surface area contributed by atoms with Crippen LogP contribution >= 0.6 is 11.5 Å². The summed E-state index contributed by atoms with van der Waals surface area (Å²) in [4.78, 5) is 20.4. The number of aromatic nitrogens is 2. The maximum atomic E-state index is 13.5. The Labute approximate surface area is 209 Å². The molecule has 1 atom stereocenters. The average molecular weight is 485 g/mol. The Kier molecular flexibility index (Phi) is 7.04. The molecule has 1 amide bonds.